The second-order valence-electron chi connectivity index (χ2n) is 5.51. The summed E-state index contributed by atoms with van der Waals surface area (Å²) in [5.74, 6) is 0.150. The Morgan fingerprint density at radius 2 is 1.58 bits per heavy atom. The fourth-order valence-corrected chi connectivity index (χ4v) is 2.47. The lowest BCUT2D eigenvalue weighted by atomic mass is 10.1. The molecule has 0 atom stereocenters. The van der Waals surface area contributed by atoms with Crippen LogP contribution in [0.5, 0.6) is 5.75 Å². The quantitative estimate of drug-likeness (QED) is 0.657. The fourth-order valence-electron chi connectivity index (χ4n) is 2.47. The van der Waals surface area contributed by atoms with Crippen LogP contribution in [0, 0.1) is 5.82 Å². The van der Waals surface area contributed by atoms with Crippen molar-refractivity contribution in [2.45, 2.75) is 13.0 Å². The summed E-state index contributed by atoms with van der Waals surface area (Å²) in [6.07, 6.45) is 0.130. The Morgan fingerprint density at radius 1 is 0.917 bits per heavy atom. The van der Waals surface area contributed by atoms with Crippen LogP contribution in [0.15, 0.2) is 60.7 Å². The number of carbonyl (C=O) groups is 1. The molecule has 3 rings (SSSR count). The molecule has 3 nitrogen and oxygen atoms in total. The van der Waals surface area contributed by atoms with Crippen LogP contribution in [0.25, 0.3) is 10.8 Å². The maximum absolute atomic E-state index is 12.8. The van der Waals surface area contributed by atoms with E-state index in [1.54, 1.807) is 19.2 Å². The second-order valence-corrected chi connectivity index (χ2v) is 5.51. The molecule has 0 aliphatic heterocycles. The Hall–Kier alpha value is -2.88. The van der Waals surface area contributed by atoms with E-state index < -0.39 is 0 Å². The minimum absolute atomic E-state index is 0.130. The molecule has 24 heavy (non-hydrogen) atoms. The molecule has 0 bridgehead atoms. The Morgan fingerprint density at radius 3 is 2.33 bits per heavy atom. The lowest BCUT2D eigenvalue weighted by molar-refractivity contribution is -0.144. The average Bonchev–Trinajstić information content (AvgIpc) is 2.61. The number of ether oxygens (including phenoxy) is 2. The van der Waals surface area contributed by atoms with E-state index in [0.29, 0.717) is 0 Å². The van der Waals surface area contributed by atoms with Gasteiger partial charge in [-0.25, -0.2) is 4.39 Å². The van der Waals surface area contributed by atoms with Crippen molar-refractivity contribution < 1.29 is 18.7 Å². The van der Waals surface area contributed by atoms with E-state index in [1.165, 1.54) is 12.1 Å². The van der Waals surface area contributed by atoms with Gasteiger partial charge < -0.3 is 9.47 Å². The molecule has 0 aliphatic carbocycles. The molecular formula is C20H17FO3. The predicted molar refractivity (Wildman–Crippen MR) is 90.4 cm³/mol. The van der Waals surface area contributed by atoms with Crippen LogP contribution in [0.2, 0.25) is 0 Å². The third kappa shape index (κ3) is 3.90. The van der Waals surface area contributed by atoms with E-state index in [9.17, 15) is 9.18 Å². The number of rotatable bonds is 5. The van der Waals surface area contributed by atoms with Crippen molar-refractivity contribution in [2.24, 2.45) is 0 Å². The molecule has 0 N–H and O–H groups in total. The predicted octanol–water partition coefficient (Wildman–Crippen LogP) is 4.27. The van der Waals surface area contributed by atoms with Crippen molar-refractivity contribution in [1.82, 2.24) is 0 Å². The van der Waals surface area contributed by atoms with Crippen LogP contribution in [0.4, 0.5) is 4.39 Å². The van der Waals surface area contributed by atoms with Crippen LogP contribution < -0.4 is 4.74 Å². The van der Waals surface area contributed by atoms with E-state index in [2.05, 4.69) is 0 Å². The Bertz CT molecular complexity index is 856. The van der Waals surface area contributed by atoms with Crippen molar-refractivity contribution in [1.29, 1.82) is 0 Å². The average molecular weight is 324 g/mol. The first kappa shape index (κ1) is 16.0. The Kier molecular flexibility index (Phi) is 4.75. The van der Waals surface area contributed by atoms with Gasteiger partial charge in [0.05, 0.1) is 13.5 Å². The fraction of sp³-hybridized carbons (Fsp3) is 0.150. The number of halogens is 1. The number of hydrogen-bond donors (Lipinski definition) is 0. The van der Waals surface area contributed by atoms with Crippen LogP contribution in [-0.4, -0.2) is 13.1 Å². The molecule has 0 aromatic heterocycles. The third-order valence-electron chi connectivity index (χ3n) is 3.77. The summed E-state index contributed by atoms with van der Waals surface area (Å²) in [5, 5.41) is 2.12. The number of hydrogen-bond acceptors (Lipinski definition) is 3. The molecular weight excluding hydrogens is 307 g/mol. The second kappa shape index (κ2) is 7.13. The molecule has 0 unspecified atom stereocenters. The summed E-state index contributed by atoms with van der Waals surface area (Å²) < 4.78 is 23.3. The number of methoxy groups -OCH3 is 1. The van der Waals surface area contributed by atoms with Gasteiger partial charge in [0.1, 0.15) is 18.2 Å². The van der Waals surface area contributed by atoms with Gasteiger partial charge in [0.25, 0.3) is 0 Å². The van der Waals surface area contributed by atoms with Gasteiger partial charge in [0.2, 0.25) is 0 Å². The molecule has 0 saturated heterocycles. The standard InChI is InChI=1S/C20H17FO3/c1-23-19-9-6-16-10-15(2-5-17(16)12-19)13-24-20(22)11-14-3-7-18(21)8-4-14/h2-10,12H,11,13H2,1H3. The highest BCUT2D eigenvalue weighted by atomic mass is 19.1. The highest BCUT2D eigenvalue weighted by molar-refractivity contribution is 5.84. The SMILES string of the molecule is COc1ccc2cc(COC(=O)Cc3ccc(F)cc3)ccc2c1. The highest BCUT2D eigenvalue weighted by Crippen LogP contribution is 2.22. The van der Waals surface area contributed by atoms with E-state index in [-0.39, 0.29) is 24.8 Å². The zero-order valence-corrected chi connectivity index (χ0v) is 13.3. The molecule has 0 aliphatic rings. The molecule has 3 aromatic carbocycles. The van der Waals surface area contributed by atoms with Gasteiger partial charge in [-0.3, -0.25) is 4.79 Å². The summed E-state index contributed by atoms with van der Waals surface area (Å²) in [5.41, 5.74) is 1.65. The summed E-state index contributed by atoms with van der Waals surface area (Å²) in [4.78, 5) is 11.9. The first-order chi connectivity index (χ1) is 11.6. The molecule has 0 heterocycles. The molecule has 3 aromatic rings. The van der Waals surface area contributed by atoms with Crippen molar-refractivity contribution in [2.75, 3.05) is 7.11 Å². The van der Waals surface area contributed by atoms with Gasteiger partial charge in [-0.05, 0) is 52.2 Å². The van der Waals surface area contributed by atoms with E-state index in [1.807, 2.05) is 36.4 Å². The van der Waals surface area contributed by atoms with Gasteiger partial charge >= 0.3 is 5.97 Å². The van der Waals surface area contributed by atoms with E-state index >= 15 is 0 Å². The van der Waals surface area contributed by atoms with Gasteiger partial charge in [0.15, 0.2) is 0 Å². The smallest absolute Gasteiger partial charge is 0.310 e. The third-order valence-corrected chi connectivity index (χ3v) is 3.77. The van der Waals surface area contributed by atoms with Crippen LogP contribution in [0.1, 0.15) is 11.1 Å². The van der Waals surface area contributed by atoms with Crippen molar-refractivity contribution in [3.8, 4) is 5.75 Å². The van der Waals surface area contributed by atoms with Gasteiger partial charge in [-0.2, -0.15) is 0 Å². The van der Waals surface area contributed by atoms with Gasteiger partial charge in [-0.15, -0.1) is 0 Å². The summed E-state index contributed by atoms with van der Waals surface area (Å²) in [6, 6.07) is 17.5. The molecule has 122 valence electrons. The molecule has 0 radical (unpaired) electrons. The van der Waals surface area contributed by atoms with Crippen LogP contribution in [-0.2, 0) is 22.6 Å². The Labute approximate surface area is 139 Å². The van der Waals surface area contributed by atoms with E-state index in [0.717, 1.165) is 27.6 Å². The summed E-state index contributed by atoms with van der Waals surface area (Å²) >= 11 is 0. The molecule has 0 spiro atoms. The minimum Gasteiger partial charge on any atom is -0.497 e. The van der Waals surface area contributed by atoms with Crippen LogP contribution >= 0.6 is 0 Å². The normalized spacial score (nSPS) is 10.6. The summed E-state index contributed by atoms with van der Waals surface area (Å²) in [7, 11) is 1.64. The largest absolute Gasteiger partial charge is 0.497 e. The monoisotopic (exact) mass is 324 g/mol. The highest BCUT2D eigenvalue weighted by Gasteiger charge is 2.06. The molecule has 0 amide bonds. The van der Waals surface area contributed by atoms with E-state index in [4.69, 9.17) is 9.47 Å². The summed E-state index contributed by atoms with van der Waals surface area (Å²) in [6.45, 7) is 0.210. The zero-order chi connectivity index (χ0) is 16.9. The molecule has 0 saturated carbocycles. The lowest BCUT2D eigenvalue weighted by Gasteiger charge is -2.07. The maximum atomic E-state index is 12.8. The topological polar surface area (TPSA) is 35.5 Å². The van der Waals surface area contributed by atoms with Crippen molar-refractivity contribution in [3.05, 3.63) is 77.6 Å². The number of carbonyl (C=O) groups excluding carboxylic acids is 1. The van der Waals surface area contributed by atoms with Crippen LogP contribution in [0.3, 0.4) is 0 Å². The first-order valence-corrected chi connectivity index (χ1v) is 7.61. The van der Waals surface area contributed by atoms with Gasteiger partial charge in [0, 0.05) is 0 Å². The number of esters is 1. The van der Waals surface area contributed by atoms with Crippen molar-refractivity contribution >= 4 is 16.7 Å². The first-order valence-electron chi connectivity index (χ1n) is 7.61. The minimum atomic E-state index is -0.337. The number of benzene rings is 3. The maximum Gasteiger partial charge on any atom is 0.310 e. The zero-order valence-electron chi connectivity index (χ0n) is 13.3. The molecule has 0 fully saturated rings. The number of fused-ring (bicyclic) bond motifs is 1. The lowest BCUT2D eigenvalue weighted by Crippen LogP contribution is -2.08. The molecule has 4 heteroatoms. The van der Waals surface area contributed by atoms with Crippen molar-refractivity contribution in [3.63, 3.8) is 0 Å². The van der Waals surface area contributed by atoms with Gasteiger partial charge in [-0.1, -0.05) is 30.3 Å². The Balaban J connectivity index is 1.62.